The van der Waals surface area contributed by atoms with Gasteiger partial charge in [-0.2, -0.15) is 29.9 Å². The van der Waals surface area contributed by atoms with E-state index in [1.807, 2.05) is 109 Å². The minimum atomic E-state index is -0.497. The molecule has 0 fully saturated rings. The van der Waals surface area contributed by atoms with Crippen LogP contribution in [0.15, 0.2) is 255 Å². The third-order valence-corrected chi connectivity index (χ3v) is 15.3. The molecule has 0 saturated heterocycles. The van der Waals surface area contributed by atoms with E-state index in [4.69, 9.17) is 52.0 Å². The lowest BCUT2D eigenvalue weighted by Crippen LogP contribution is -2.28. The SMILES string of the molecule is C.Clc1nc(Cl)nc(Nc2ccccc2)n1.Nc1ccc(C2(c3ccc(N)cc3)c3ccccc3-c3ccccc32)cc1.Nc1ccc(C2(c3ccc(Nc4nc(Cl)nc(Nc5ccccc5)n4)cc3)c3ccccc3-c3ccccc32)cc1. The van der Waals surface area contributed by atoms with Crippen molar-refractivity contribution < 1.29 is 0 Å². The molecule has 0 saturated carbocycles. The van der Waals surface area contributed by atoms with Crippen LogP contribution in [0.2, 0.25) is 15.9 Å². The summed E-state index contributed by atoms with van der Waals surface area (Å²) in [5.41, 5.74) is 36.9. The molecule has 412 valence electrons. The van der Waals surface area contributed by atoms with Crippen molar-refractivity contribution in [1.82, 2.24) is 29.9 Å². The number of para-hydroxylation sites is 2. The van der Waals surface area contributed by atoms with Crippen LogP contribution >= 0.6 is 34.8 Å². The van der Waals surface area contributed by atoms with Crippen molar-refractivity contribution >= 4 is 86.8 Å². The molecule has 84 heavy (non-hydrogen) atoms. The summed E-state index contributed by atoms with van der Waals surface area (Å²) in [6, 6.07) is 86.9. The van der Waals surface area contributed by atoms with E-state index in [1.165, 1.54) is 55.6 Å². The highest BCUT2D eigenvalue weighted by atomic mass is 35.5. The van der Waals surface area contributed by atoms with Gasteiger partial charge in [0.05, 0.1) is 10.8 Å². The highest BCUT2D eigenvalue weighted by Crippen LogP contribution is 2.57. The third-order valence-electron chi connectivity index (χ3n) is 14.8. The molecule has 10 aromatic carbocycles. The summed E-state index contributed by atoms with van der Waals surface area (Å²) in [5, 5.41) is 9.63. The number of rotatable bonds is 10. The van der Waals surface area contributed by atoms with Gasteiger partial charge >= 0.3 is 0 Å². The fraction of sp³-hybridized carbons (Fsp3) is 0.0435. The molecule has 2 aliphatic rings. The number of halogens is 3. The number of hydrogen-bond donors (Lipinski definition) is 6. The first-order valence-corrected chi connectivity index (χ1v) is 27.7. The number of aromatic nitrogens is 6. The number of hydrogen-bond acceptors (Lipinski definition) is 12. The second-order valence-electron chi connectivity index (χ2n) is 19.7. The van der Waals surface area contributed by atoms with Crippen LogP contribution in [0.4, 0.5) is 52.0 Å². The fourth-order valence-corrected chi connectivity index (χ4v) is 11.8. The molecule has 0 unspecified atom stereocenters. The van der Waals surface area contributed by atoms with Crippen molar-refractivity contribution in [3.05, 3.63) is 315 Å². The van der Waals surface area contributed by atoms with E-state index < -0.39 is 5.41 Å². The summed E-state index contributed by atoms with van der Waals surface area (Å²) in [7, 11) is 0. The molecule has 12 aromatic rings. The maximum atomic E-state index is 6.24. The quantitative estimate of drug-likeness (QED) is 0.0712. The number of fused-ring (bicyclic) bond motifs is 6. The molecule has 12 nitrogen and oxygen atoms in total. The molecule has 2 aliphatic carbocycles. The Hall–Kier alpha value is -10.1. The summed E-state index contributed by atoms with van der Waals surface area (Å²) in [6.45, 7) is 0. The van der Waals surface area contributed by atoms with Gasteiger partial charge in [0.2, 0.25) is 33.7 Å². The molecule has 0 atom stereocenters. The summed E-state index contributed by atoms with van der Waals surface area (Å²) in [4.78, 5) is 24.4. The van der Waals surface area contributed by atoms with Crippen molar-refractivity contribution in [3.63, 3.8) is 0 Å². The highest BCUT2D eigenvalue weighted by Gasteiger charge is 2.47. The molecule has 14 rings (SSSR count). The monoisotopic (exact) mass is 1160 g/mol. The Bertz CT molecular complexity index is 4090. The smallest absolute Gasteiger partial charge is 0.233 e. The average Bonchev–Trinajstić information content (AvgIpc) is 1.60. The van der Waals surface area contributed by atoms with Crippen molar-refractivity contribution in [2.75, 3.05) is 33.2 Å². The van der Waals surface area contributed by atoms with Crippen LogP contribution in [0.25, 0.3) is 22.3 Å². The van der Waals surface area contributed by atoms with Gasteiger partial charge in [0, 0.05) is 34.1 Å². The summed E-state index contributed by atoms with van der Waals surface area (Å²) in [5.74, 6) is 1.03. The van der Waals surface area contributed by atoms with Crippen LogP contribution in [0.1, 0.15) is 51.9 Å². The van der Waals surface area contributed by atoms with Crippen LogP contribution in [-0.2, 0) is 10.8 Å². The Labute approximate surface area is 502 Å². The van der Waals surface area contributed by atoms with E-state index in [9.17, 15) is 0 Å². The van der Waals surface area contributed by atoms with Gasteiger partial charge in [-0.05, 0) is 174 Å². The van der Waals surface area contributed by atoms with Crippen LogP contribution in [-0.4, -0.2) is 29.9 Å². The maximum absolute atomic E-state index is 6.24. The Morgan fingerprint density at radius 3 is 0.810 bits per heavy atom. The number of nitrogens with one attached hydrogen (secondary N) is 3. The number of anilines is 9. The number of benzene rings is 10. The Kier molecular flexibility index (Phi) is 16.0. The predicted molar refractivity (Wildman–Crippen MR) is 345 cm³/mol. The van der Waals surface area contributed by atoms with Crippen LogP contribution in [0.3, 0.4) is 0 Å². The number of nitrogen functional groups attached to an aromatic ring is 3. The van der Waals surface area contributed by atoms with Gasteiger partial charge in [0.25, 0.3) is 0 Å². The Morgan fingerprint density at radius 2 is 0.500 bits per heavy atom. The van der Waals surface area contributed by atoms with Gasteiger partial charge in [0.15, 0.2) is 0 Å². The summed E-state index contributed by atoms with van der Waals surface area (Å²) >= 11 is 17.5. The lowest BCUT2D eigenvalue weighted by atomic mass is 9.67. The Balaban J connectivity index is 0.000000146. The first kappa shape index (κ1) is 55.8. The first-order valence-electron chi connectivity index (χ1n) is 26.5. The van der Waals surface area contributed by atoms with E-state index >= 15 is 0 Å². The molecule has 2 heterocycles. The van der Waals surface area contributed by atoms with E-state index in [1.54, 1.807) is 0 Å². The van der Waals surface area contributed by atoms with Crippen molar-refractivity contribution in [1.29, 1.82) is 0 Å². The summed E-state index contributed by atoms with van der Waals surface area (Å²) < 4.78 is 0. The molecule has 0 aliphatic heterocycles. The summed E-state index contributed by atoms with van der Waals surface area (Å²) in [6.07, 6.45) is 0. The predicted octanol–water partition coefficient (Wildman–Crippen LogP) is 16.7. The third kappa shape index (κ3) is 10.9. The molecule has 0 radical (unpaired) electrons. The van der Waals surface area contributed by atoms with Crippen LogP contribution in [0.5, 0.6) is 0 Å². The average molecular weight is 1160 g/mol. The van der Waals surface area contributed by atoms with Gasteiger partial charge < -0.3 is 33.2 Å². The normalized spacial score (nSPS) is 12.5. The zero-order chi connectivity index (χ0) is 56.9. The molecule has 0 spiro atoms. The molecular formula is C69H55Cl3N12. The topological polar surface area (TPSA) is 191 Å². The second kappa shape index (κ2) is 24.2. The van der Waals surface area contributed by atoms with E-state index in [-0.39, 0.29) is 28.7 Å². The minimum absolute atomic E-state index is 0. The van der Waals surface area contributed by atoms with E-state index in [2.05, 4.69) is 191 Å². The van der Waals surface area contributed by atoms with E-state index in [0.717, 1.165) is 45.3 Å². The van der Waals surface area contributed by atoms with Gasteiger partial charge in [-0.1, -0.05) is 189 Å². The lowest BCUT2D eigenvalue weighted by Gasteiger charge is -2.34. The lowest BCUT2D eigenvalue weighted by molar-refractivity contribution is 0.769. The van der Waals surface area contributed by atoms with Crippen LogP contribution in [0, 0.1) is 0 Å². The zero-order valence-electron chi connectivity index (χ0n) is 44.3. The molecular weight excluding hydrogens is 1100 g/mol. The molecule has 9 N–H and O–H groups in total. The highest BCUT2D eigenvalue weighted by molar-refractivity contribution is 6.31. The maximum Gasteiger partial charge on any atom is 0.233 e. The largest absolute Gasteiger partial charge is 0.399 e. The zero-order valence-corrected chi connectivity index (χ0v) is 46.6. The minimum Gasteiger partial charge on any atom is -0.399 e. The van der Waals surface area contributed by atoms with Gasteiger partial charge in [-0.3, -0.25) is 0 Å². The van der Waals surface area contributed by atoms with Gasteiger partial charge in [-0.15, -0.1) is 0 Å². The first-order chi connectivity index (χ1) is 40.6. The Morgan fingerprint density at radius 1 is 0.262 bits per heavy atom. The van der Waals surface area contributed by atoms with E-state index in [0.29, 0.717) is 17.8 Å². The van der Waals surface area contributed by atoms with Crippen molar-refractivity contribution in [2.45, 2.75) is 18.3 Å². The fourth-order valence-electron chi connectivity index (χ4n) is 11.3. The number of nitrogens with zero attached hydrogens (tertiary/aromatic N) is 6. The molecule has 15 heteroatoms. The molecule has 2 aromatic heterocycles. The number of nitrogens with two attached hydrogens (primary N) is 3. The van der Waals surface area contributed by atoms with Gasteiger partial charge in [0.1, 0.15) is 0 Å². The molecule has 0 bridgehead atoms. The van der Waals surface area contributed by atoms with Crippen molar-refractivity contribution in [2.24, 2.45) is 0 Å². The van der Waals surface area contributed by atoms with Gasteiger partial charge in [-0.25, -0.2) is 0 Å². The standard InChI is InChI=1S/C34H25ClN6.C25H20N2.C9H6Cl2N4.CH4/c35-31-39-32(37-25-8-2-1-3-9-25)41-33(40-31)38-26-20-16-23(17-21-26)34(22-14-18-24(36)19-15-22)29-12-6-4-10-27(29)28-11-5-7-13-30(28)34;26-19-13-9-17(10-14-19)25(18-11-15-20(27)16-12-18)23-7-3-1-5-21(23)22-6-2-4-8-24(22)25;10-7-13-8(11)15-9(14-7)12-6-4-2-1-3-5-6;/h1-21H,36H2,(H2,37,38,39,40,41);1-16H,26-27H2;1-5H,(H,12,13,14,15);1H4. The second-order valence-corrected chi connectivity index (χ2v) is 20.7. The molecule has 0 amide bonds. The van der Waals surface area contributed by atoms with Crippen molar-refractivity contribution in [3.8, 4) is 22.3 Å². The van der Waals surface area contributed by atoms with Crippen LogP contribution < -0.4 is 33.2 Å².